The van der Waals surface area contributed by atoms with Gasteiger partial charge in [-0.1, -0.05) is 29.3 Å². The molecule has 1 fully saturated rings. The molecule has 0 amide bonds. The highest BCUT2D eigenvalue weighted by Crippen LogP contribution is 2.40. The molecule has 1 aliphatic rings. The molecule has 0 N–H and O–H groups in total. The molecule has 92 valence electrons. The third-order valence-corrected chi connectivity index (χ3v) is 3.77. The lowest BCUT2D eigenvalue weighted by molar-refractivity contribution is -0.124. The average molecular weight is 281 g/mol. The van der Waals surface area contributed by atoms with E-state index in [1.54, 1.807) is 18.2 Å². The highest BCUT2D eigenvalue weighted by Gasteiger charge is 2.43. The van der Waals surface area contributed by atoms with Gasteiger partial charge in [-0.25, -0.2) is 0 Å². The van der Waals surface area contributed by atoms with Crippen molar-refractivity contribution in [2.75, 3.05) is 0 Å². The monoisotopic (exact) mass is 280 g/mol. The Morgan fingerprint density at radius 3 is 2.44 bits per heavy atom. The van der Waals surface area contributed by atoms with Crippen LogP contribution in [0.4, 0.5) is 0 Å². The van der Waals surface area contributed by atoms with Gasteiger partial charge in [0.2, 0.25) is 0 Å². The van der Waals surface area contributed by atoms with Gasteiger partial charge in [0.1, 0.15) is 11.7 Å². The molecule has 1 aromatic rings. The van der Waals surface area contributed by atoms with Crippen molar-refractivity contribution in [1.82, 2.24) is 0 Å². The number of ketones is 2. The first kappa shape index (κ1) is 13.1. The van der Waals surface area contributed by atoms with Crippen LogP contribution in [0.3, 0.4) is 0 Å². The summed E-state index contributed by atoms with van der Waals surface area (Å²) in [7, 11) is 0. The van der Waals surface area contributed by atoms with Crippen molar-refractivity contribution < 1.29 is 9.59 Å². The average Bonchev–Trinajstić information content (AvgIpc) is 2.57. The van der Waals surface area contributed by atoms with Gasteiger partial charge < -0.3 is 0 Å². The van der Waals surface area contributed by atoms with E-state index >= 15 is 0 Å². The van der Waals surface area contributed by atoms with Crippen LogP contribution in [0, 0.1) is 18.3 Å². The number of hydrogen-bond acceptors (Lipinski definition) is 2. The van der Waals surface area contributed by atoms with Gasteiger partial charge in [-0.3, -0.25) is 9.59 Å². The van der Waals surface area contributed by atoms with Crippen molar-refractivity contribution in [3.8, 4) is 12.3 Å². The fourth-order valence-corrected chi connectivity index (χ4v) is 2.88. The maximum atomic E-state index is 12.2. The lowest BCUT2D eigenvalue weighted by Gasteiger charge is -2.12. The van der Waals surface area contributed by atoms with Crippen LogP contribution in [0.5, 0.6) is 0 Å². The standard InChI is InChI=1S/C14H10Cl2O2/c1-2-4-8-7-11(17)13(14(8)18)12-9(15)5-3-6-10(12)16/h1,3,5-6,8,13H,4,7H2. The Morgan fingerprint density at radius 2 is 1.89 bits per heavy atom. The smallest absolute Gasteiger partial charge is 0.152 e. The van der Waals surface area contributed by atoms with Gasteiger partial charge in [-0.15, -0.1) is 12.3 Å². The fourth-order valence-electron chi connectivity index (χ4n) is 2.26. The molecular weight excluding hydrogens is 271 g/mol. The van der Waals surface area contributed by atoms with Crippen molar-refractivity contribution in [2.24, 2.45) is 5.92 Å². The van der Waals surface area contributed by atoms with Crippen molar-refractivity contribution in [2.45, 2.75) is 18.8 Å². The highest BCUT2D eigenvalue weighted by atomic mass is 35.5. The molecule has 0 spiro atoms. The second-order valence-electron chi connectivity index (χ2n) is 4.25. The summed E-state index contributed by atoms with van der Waals surface area (Å²) in [6.07, 6.45) is 5.65. The van der Waals surface area contributed by atoms with Crippen molar-refractivity contribution in [3.05, 3.63) is 33.8 Å². The third kappa shape index (κ3) is 2.16. The molecule has 1 aromatic carbocycles. The minimum Gasteiger partial charge on any atom is -0.298 e. The Balaban J connectivity index is 2.43. The normalized spacial score (nSPS) is 23.2. The van der Waals surface area contributed by atoms with Gasteiger partial charge in [0.05, 0.1) is 0 Å². The van der Waals surface area contributed by atoms with Crippen LogP contribution >= 0.6 is 23.2 Å². The summed E-state index contributed by atoms with van der Waals surface area (Å²) in [5, 5.41) is 0.686. The van der Waals surface area contributed by atoms with E-state index in [-0.39, 0.29) is 24.4 Å². The number of rotatable bonds is 2. The van der Waals surface area contributed by atoms with Gasteiger partial charge >= 0.3 is 0 Å². The summed E-state index contributed by atoms with van der Waals surface area (Å²) in [4.78, 5) is 24.1. The number of halogens is 2. The quantitative estimate of drug-likeness (QED) is 0.616. The molecule has 18 heavy (non-hydrogen) atoms. The lowest BCUT2D eigenvalue weighted by Crippen LogP contribution is -2.16. The van der Waals surface area contributed by atoms with Crippen LogP contribution in [0.1, 0.15) is 24.3 Å². The molecule has 0 saturated heterocycles. The highest BCUT2D eigenvalue weighted by molar-refractivity contribution is 6.37. The molecule has 0 heterocycles. The molecule has 2 atom stereocenters. The third-order valence-electron chi connectivity index (χ3n) is 3.11. The van der Waals surface area contributed by atoms with Gasteiger partial charge in [-0.05, 0) is 12.1 Å². The zero-order valence-corrected chi connectivity index (χ0v) is 11.0. The summed E-state index contributed by atoms with van der Waals surface area (Å²) in [5.74, 6) is 0.833. The molecule has 0 aromatic heterocycles. The van der Waals surface area contributed by atoms with E-state index < -0.39 is 11.8 Å². The molecular formula is C14H10Cl2O2. The minimum absolute atomic E-state index is 0.157. The molecule has 2 rings (SSSR count). The number of carbonyl (C=O) groups excluding carboxylic acids is 2. The molecule has 4 heteroatoms. The summed E-state index contributed by atoms with van der Waals surface area (Å²) in [5.41, 5.74) is 0.412. The van der Waals surface area contributed by atoms with E-state index in [4.69, 9.17) is 29.6 Å². The van der Waals surface area contributed by atoms with Crippen molar-refractivity contribution in [3.63, 3.8) is 0 Å². The Kier molecular flexibility index (Phi) is 3.75. The van der Waals surface area contributed by atoms with Gasteiger partial charge in [-0.2, -0.15) is 0 Å². The minimum atomic E-state index is -0.857. The Bertz CT molecular complexity index is 537. The van der Waals surface area contributed by atoms with Crippen molar-refractivity contribution >= 4 is 34.8 Å². The van der Waals surface area contributed by atoms with E-state index in [0.717, 1.165) is 0 Å². The number of carbonyl (C=O) groups is 2. The molecule has 0 radical (unpaired) electrons. The van der Waals surface area contributed by atoms with E-state index in [9.17, 15) is 9.59 Å². The largest absolute Gasteiger partial charge is 0.298 e. The van der Waals surface area contributed by atoms with Crippen LogP contribution in [0.25, 0.3) is 0 Å². The number of hydrogen-bond donors (Lipinski definition) is 0. The summed E-state index contributed by atoms with van der Waals surface area (Å²) < 4.78 is 0. The molecule has 1 aliphatic carbocycles. The van der Waals surface area contributed by atoms with Crippen LogP contribution in [0.2, 0.25) is 10.0 Å². The van der Waals surface area contributed by atoms with Crippen LogP contribution in [-0.2, 0) is 9.59 Å². The summed E-state index contributed by atoms with van der Waals surface area (Å²) in [6, 6.07) is 4.92. The Morgan fingerprint density at radius 1 is 1.28 bits per heavy atom. The second kappa shape index (κ2) is 5.14. The Hall–Kier alpha value is -1.30. The van der Waals surface area contributed by atoms with Crippen LogP contribution in [-0.4, -0.2) is 11.6 Å². The predicted octanol–water partition coefficient (Wildman–Crippen LogP) is 3.26. The van der Waals surface area contributed by atoms with Gasteiger partial charge in [0, 0.05) is 34.4 Å². The second-order valence-corrected chi connectivity index (χ2v) is 5.06. The molecule has 0 bridgehead atoms. The molecule has 2 nitrogen and oxygen atoms in total. The lowest BCUT2D eigenvalue weighted by atomic mass is 9.93. The fraction of sp³-hybridized carbons (Fsp3) is 0.286. The van der Waals surface area contributed by atoms with E-state index in [1.165, 1.54) is 0 Å². The number of benzene rings is 1. The van der Waals surface area contributed by atoms with Crippen molar-refractivity contribution in [1.29, 1.82) is 0 Å². The molecule has 2 unspecified atom stereocenters. The summed E-state index contributed by atoms with van der Waals surface area (Å²) in [6.45, 7) is 0. The van der Waals surface area contributed by atoms with Gasteiger partial charge in [0.15, 0.2) is 5.78 Å². The topological polar surface area (TPSA) is 34.1 Å². The van der Waals surface area contributed by atoms with Crippen LogP contribution < -0.4 is 0 Å². The predicted molar refractivity (Wildman–Crippen MR) is 70.8 cm³/mol. The van der Waals surface area contributed by atoms with E-state index in [2.05, 4.69) is 5.92 Å². The molecule has 1 saturated carbocycles. The van der Waals surface area contributed by atoms with E-state index in [1.807, 2.05) is 0 Å². The maximum Gasteiger partial charge on any atom is 0.152 e. The Labute approximate surface area is 115 Å². The zero-order chi connectivity index (χ0) is 13.3. The maximum absolute atomic E-state index is 12.2. The van der Waals surface area contributed by atoms with Crippen LogP contribution in [0.15, 0.2) is 18.2 Å². The SMILES string of the molecule is C#CCC1CC(=O)C(c2c(Cl)cccc2Cl)C1=O. The zero-order valence-electron chi connectivity index (χ0n) is 9.45. The van der Waals surface area contributed by atoms with Gasteiger partial charge in [0.25, 0.3) is 0 Å². The summed E-state index contributed by atoms with van der Waals surface area (Å²) >= 11 is 12.1. The first-order valence-electron chi connectivity index (χ1n) is 5.50. The first-order chi connectivity index (χ1) is 8.56. The van der Waals surface area contributed by atoms with E-state index in [0.29, 0.717) is 15.6 Å². The molecule has 0 aliphatic heterocycles. The number of Topliss-reactive ketones (excluding diaryl/α,β-unsaturated/α-hetero) is 2. The number of terminal acetylenes is 1. The first-order valence-corrected chi connectivity index (χ1v) is 6.25.